The van der Waals surface area contributed by atoms with E-state index in [1.54, 1.807) is 0 Å². The smallest absolute Gasteiger partial charge is 0.243 e. The van der Waals surface area contributed by atoms with Crippen LogP contribution in [0.1, 0.15) is 19.3 Å². The Kier molecular flexibility index (Phi) is 5.64. The average molecular weight is 279 g/mol. The molecule has 4 nitrogen and oxygen atoms in total. The monoisotopic (exact) mass is 279 g/mol. The molecule has 0 aliphatic carbocycles. The number of unbranched alkanes of at least 4 members (excludes halogenated alkanes) is 2. The summed E-state index contributed by atoms with van der Waals surface area (Å²) in [7, 11) is -4.03. The highest BCUT2D eigenvalue weighted by molar-refractivity contribution is 7.89. The van der Waals surface area contributed by atoms with Crippen LogP contribution in [-0.2, 0) is 10.0 Å². The van der Waals surface area contributed by atoms with E-state index in [9.17, 15) is 17.2 Å². The summed E-state index contributed by atoms with van der Waals surface area (Å²) in [6, 6.07) is 2.27. The minimum absolute atomic E-state index is 0.0469. The number of hydrogen-bond acceptors (Lipinski definition) is 3. The number of aliphatic hydroxyl groups excluding tert-OH is 1. The van der Waals surface area contributed by atoms with Crippen molar-refractivity contribution in [2.24, 2.45) is 0 Å². The van der Waals surface area contributed by atoms with E-state index in [-0.39, 0.29) is 13.2 Å². The molecule has 0 fully saturated rings. The number of hydrogen-bond donors (Lipinski definition) is 2. The highest BCUT2D eigenvalue weighted by Gasteiger charge is 2.19. The number of benzene rings is 1. The molecule has 1 aromatic carbocycles. The number of nitrogens with one attached hydrogen (secondary N) is 1. The molecule has 0 heterocycles. The summed E-state index contributed by atoms with van der Waals surface area (Å²) in [6.07, 6.45) is 1.76. The van der Waals surface area contributed by atoms with Crippen molar-refractivity contribution in [3.05, 3.63) is 29.8 Å². The van der Waals surface area contributed by atoms with Gasteiger partial charge in [0.15, 0.2) is 0 Å². The van der Waals surface area contributed by atoms with Gasteiger partial charge in [-0.05, 0) is 37.5 Å². The fourth-order valence-electron chi connectivity index (χ4n) is 1.38. The number of halogens is 2. The van der Waals surface area contributed by atoms with Gasteiger partial charge in [0.25, 0.3) is 0 Å². The Labute approximate surface area is 105 Å². The van der Waals surface area contributed by atoms with E-state index in [1.807, 2.05) is 0 Å². The standard InChI is InChI=1S/C11H15F2NO3S/c12-9-4-5-10(13)11(8-9)18(16,17)14-6-2-1-3-7-15/h4-5,8,14-15H,1-3,6-7H2. The Morgan fingerprint density at radius 1 is 1.17 bits per heavy atom. The van der Waals surface area contributed by atoms with Crippen molar-refractivity contribution in [2.45, 2.75) is 24.2 Å². The summed E-state index contributed by atoms with van der Waals surface area (Å²) in [5.41, 5.74) is 0. The summed E-state index contributed by atoms with van der Waals surface area (Å²) < 4.78 is 51.7. The molecule has 0 amide bonds. The van der Waals surface area contributed by atoms with Crippen LogP contribution in [0.5, 0.6) is 0 Å². The first kappa shape index (κ1) is 15.0. The van der Waals surface area contributed by atoms with Crippen LogP contribution < -0.4 is 4.72 Å². The molecule has 1 aromatic rings. The van der Waals surface area contributed by atoms with Crippen molar-refractivity contribution in [3.63, 3.8) is 0 Å². The molecule has 7 heteroatoms. The Bertz CT molecular complexity index is 491. The summed E-state index contributed by atoms with van der Waals surface area (Å²) >= 11 is 0. The summed E-state index contributed by atoms with van der Waals surface area (Å²) in [5.74, 6) is -1.80. The maximum atomic E-state index is 13.3. The number of sulfonamides is 1. The second-order valence-corrected chi connectivity index (χ2v) is 5.49. The summed E-state index contributed by atoms with van der Waals surface area (Å²) in [4.78, 5) is -0.690. The van der Waals surface area contributed by atoms with Crippen molar-refractivity contribution in [3.8, 4) is 0 Å². The lowest BCUT2D eigenvalue weighted by Gasteiger charge is -2.07. The van der Waals surface area contributed by atoms with Gasteiger partial charge >= 0.3 is 0 Å². The highest BCUT2D eigenvalue weighted by atomic mass is 32.2. The van der Waals surface area contributed by atoms with Gasteiger partial charge in [0.05, 0.1) is 0 Å². The molecule has 0 atom stereocenters. The zero-order valence-corrected chi connectivity index (χ0v) is 10.5. The van der Waals surface area contributed by atoms with Crippen molar-refractivity contribution in [1.29, 1.82) is 0 Å². The highest BCUT2D eigenvalue weighted by Crippen LogP contribution is 2.15. The molecular weight excluding hydrogens is 264 g/mol. The van der Waals surface area contributed by atoms with Gasteiger partial charge in [0.2, 0.25) is 10.0 Å². The van der Waals surface area contributed by atoms with E-state index in [4.69, 9.17) is 5.11 Å². The maximum Gasteiger partial charge on any atom is 0.243 e. The SMILES string of the molecule is O=S(=O)(NCCCCCO)c1cc(F)ccc1F. The van der Waals surface area contributed by atoms with Crippen LogP contribution in [0.15, 0.2) is 23.1 Å². The first-order valence-corrected chi connectivity index (χ1v) is 7.01. The first-order valence-electron chi connectivity index (χ1n) is 5.53. The molecular formula is C11H15F2NO3S. The molecule has 0 saturated heterocycles. The van der Waals surface area contributed by atoms with Crippen LogP contribution in [0, 0.1) is 11.6 Å². The molecule has 0 unspecified atom stereocenters. The van der Waals surface area contributed by atoms with E-state index in [1.165, 1.54) is 0 Å². The van der Waals surface area contributed by atoms with Crippen molar-refractivity contribution in [2.75, 3.05) is 13.2 Å². The van der Waals surface area contributed by atoms with Crippen molar-refractivity contribution >= 4 is 10.0 Å². The van der Waals surface area contributed by atoms with E-state index in [0.29, 0.717) is 25.3 Å². The zero-order valence-electron chi connectivity index (χ0n) is 9.70. The minimum atomic E-state index is -4.03. The molecule has 0 aliphatic heterocycles. The fraction of sp³-hybridized carbons (Fsp3) is 0.455. The third-order valence-corrected chi connectivity index (χ3v) is 3.79. The third kappa shape index (κ3) is 4.32. The number of rotatable bonds is 7. The van der Waals surface area contributed by atoms with Gasteiger partial charge in [0, 0.05) is 13.2 Å². The van der Waals surface area contributed by atoms with Crippen LogP contribution in [0.3, 0.4) is 0 Å². The molecule has 102 valence electrons. The lowest BCUT2D eigenvalue weighted by Crippen LogP contribution is -2.25. The average Bonchev–Trinajstić information content (AvgIpc) is 2.32. The van der Waals surface area contributed by atoms with Gasteiger partial charge in [0.1, 0.15) is 16.5 Å². The second kappa shape index (κ2) is 6.77. The zero-order chi connectivity index (χ0) is 13.6. The summed E-state index contributed by atoms with van der Waals surface area (Å²) in [6.45, 7) is 0.170. The van der Waals surface area contributed by atoms with E-state index in [0.717, 1.165) is 12.1 Å². The van der Waals surface area contributed by atoms with Gasteiger partial charge in [-0.3, -0.25) is 0 Å². The van der Waals surface area contributed by atoms with Crippen molar-refractivity contribution in [1.82, 2.24) is 4.72 Å². The molecule has 0 aromatic heterocycles. The molecule has 0 radical (unpaired) electrons. The van der Waals surface area contributed by atoms with Crippen LogP contribution in [-0.4, -0.2) is 26.7 Å². The third-order valence-electron chi connectivity index (χ3n) is 2.31. The van der Waals surface area contributed by atoms with Crippen LogP contribution >= 0.6 is 0 Å². The Hall–Kier alpha value is -1.05. The molecule has 0 aliphatic rings. The van der Waals surface area contributed by atoms with Crippen LogP contribution in [0.4, 0.5) is 8.78 Å². The second-order valence-electron chi connectivity index (χ2n) is 3.76. The fourth-order valence-corrected chi connectivity index (χ4v) is 2.54. The van der Waals surface area contributed by atoms with Crippen LogP contribution in [0.25, 0.3) is 0 Å². The van der Waals surface area contributed by atoms with Crippen molar-refractivity contribution < 1.29 is 22.3 Å². The lowest BCUT2D eigenvalue weighted by molar-refractivity contribution is 0.283. The molecule has 0 saturated carbocycles. The first-order chi connectivity index (χ1) is 8.47. The number of aliphatic hydroxyl groups is 1. The predicted molar refractivity (Wildman–Crippen MR) is 62.5 cm³/mol. The van der Waals surface area contributed by atoms with Gasteiger partial charge in [-0.2, -0.15) is 0 Å². The summed E-state index contributed by atoms with van der Waals surface area (Å²) in [5, 5.41) is 8.54. The quantitative estimate of drug-likeness (QED) is 0.742. The van der Waals surface area contributed by atoms with E-state index >= 15 is 0 Å². The lowest BCUT2D eigenvalue weighted by atomic mass is 10.2. The van der Waals surface area contributed by atoms with Gasteiger partial charge in [-0.25, -0.2) is 21.9 Å². The van der Waals surface area contributed by atoms with Gasteiger partial charge < -0.3 is 5.11 Å². The Balaban J connectivity index is 2.66. The Morgan fingerprint density at radius 3 is 2.56 bits per heavy atom. The molecule has 18 heavy (non-hydrogen) atoms. The van der Waals surface area contributed by atoms with Gasteiger partial charge in [-0.15, -0.1) is 0 Å². The molecule has 0 spiro atoms. The normalized spacial score (nSPS) is 11.7. The Morgan fingerprint density at radius 2 is 1.89 bits per heavy atom. The largest absolute Gasteiger partial charge is 0.396 e. The van der Waals surface area contributed by atoms with E-state index < -0.39 is 26.6 Å². The van der Waals surface area contributed by atoms with Crippen LogP contribution in [0.2, 0.25) is 0 Å². The molecule has 2 N–H and O–H groups in total. The maximum absolute atomic E-state index is 13.3. The van der Waals surface area contributed by atoms with E-state index in [2.05, 4.69) is 4.72 Å². The molecule has 0 bridgehead atoms. The topological polar surface area (TPSA) is 66.4 Å². The van der Waals surface area contributed by atoms with Gasteiger partial charge in [-0.1, -0.05) is 0 Å². The minimum Gasteiger partial charge on any atom is -0.396 e. The predicted octanol–water partition coefficient (Wildman–Crippen LogP) is 1.41. The molecule has 1 rings (SSSR count).